The molecule has 1 N–H and O–H groups in total. The van der Waals surface area contributed by atoms with Crippen molar-refractivity contribution >= 4 is 11.8 Å². The number of rotatable bonds is 6. The molecule has 1 saturated heterocycles. The third kappa shape index (κ3) is 4.49. The summed E-state index contributed by atoms with van der Waals surface area (Å²) in [6.45, 7) is 6.20. The van der Waals surface area contributed by atoms with Gasteiger partial charge in [0.2, 0.25) is 11.8 Å². The summed E-state index contributed by atoms with van der Waals surface area (Å²) in [5.74, 6) is 0.136. The van der Waals surface area contributed by atoms with Crippen LogP contribution in [0.5, 0.6) is 0 Å². The summed E-state index contributed by atoms with van der Waals surface area (Å²) in [5.41, 5.74) is 0. The predicted octanol–water partition coefficient (Wildman–Crippen LogP) is 0.866. The number of carbonyl (C=O) groups is 2. The quantitative estimate of drug-likeness (QED) is 0.779. The van der Waals surface area contributed by atoms with Gasteiger partial charge in [0.15, 0.2) is 0 Å². The zero-order chi connectivity index (χ0) is 14.3. The monoisotopic (exact) mass is 270 g/mol. The maximum atomic E-state index is 12.3. The first-order chi connectivity index (χ1) is 9.13. The van der Waals surface area contributed by atoms with Crippen LogP contribution in [0.3, 0.4) is 0 Å². The van der Waals surface area contributed by atoms with Gasteiger partial charge in [0, 0.05) is 32.6 Å². The number of aliphatic hydroxyl groups is 1. The molecule has 1 heterocycles. The van der Waals surface area contributed by atoms with Gasteiger partial charge in [-0.05, 0) is 26.2 Å². The SMILES string of the molecule is CCCC(=O)N1CCCC(C(=O)N(CC)CCO)C1. The first-order valence-corrected chi connectivity index (χ1v) is 7.31. The van der Waals surface area contributed by atoms with Crippen LogP contribution >= 0.6 is 0 Å². The van der Waals surface area contributed by atoms with E-state index in [0.29, 0.717) is 26.1 Å². The summed E-state index contributed by atoms with van der Waals surface area (Å²) >= 11 is 0. The molecule has 0 aliphatic carbocycles. The van der Waals surface area contributed by atoms with Gasteiger partial charge in [-0.25, -0.2) is 0 Å². The predicted molar refractivity (Wildman–Crippen MR) is 73.6 cm³/mol. The van der Waals surface area contributed by atoms with E-state index in [2.05, 4.69) is 0 Å². The number of hydrogen-bond donors (Lipinski definition) is 1. The van der Waals surface area contributed by atoms with E-state index >= 15 is 0 Å². The van der Waals surface area contributed by atoms with Gasteiger partial charge in [0.25, 0.3) is 0 Å². The third-order valence-electron chi connectivity index (χ3n) is 3.65. The van der Waals surface area contributed by atoms with Crippen molar-refractivity contribution in [3.05, 3.63) is 0 Å². The van der Waals surface area contributed by atoms with E-state index in [-0.39, 0.29) is 24.3 Å². The van der Waals surface area contributed by atoms with E-state index in [9.17, 15) is 9.59 Å². The van der Waals surface area contributed by atoms with E-state index < -0.39 is 0 Å². The second-order valence-electron chi connectivity index (χ2n) is 5.07. The molecule has 2 amide bonds. The van der Waals surface area contributed by atoms with Crippen LogP contribution in [0, 0.1) is 5.92 Å². The molecule has 1 aliphatic heterocycles. The van der Waals surface area contributed by atoms with E-state index in [4.69, 9.17) is 5.11 Å². The van der Waals surface area contributed by atoms with Gasteiger partial charge >= 0.3 is 0 Å². The standard InChI is InChI=1S/C14H26N2O3/c1-3-6-13(18)16-8-5-7-12(11-16)14(19)15(4-2)9-10-17/h12,17H,3-11H2,1-2H3. The molecule has 5 nitrogen and oxygen atoms in total. The number of likely N-dealkylation sites (tertiary alicyclic amines) is 1. The Bertz CT molecular complexity index is 307. The molecule has 0 aromatic rings. The largest absolute Gasteiger partial charge is 0.395 e. The Balaban J connectivity index is 2.58. The topological polar surface area (TPSA) is 60.9 Å². The highest BCUT2D eigenvalue weighted by Crippen LogP contribution is 2.19. The second-order valence-corrected chi connectivity index (χ2v) is 5.07. The highest BCUT2D eigenvalue weighted by atomic mass is 16.3. The Hall–Kier alpha value is -1.10. The van der Waals surface area contributed by atoms with E-state index in [0.717, 1.165) is 25.8 Å². The Morgan fingerprint density at radius 1 is 1.37 bits per heavy atom. The zero-order valence-corrected chi connectivity index (χ0v) is 12.1. The minimum atomic E-state index is -0.0962. The number of aliphatic hydroxyl groups excluding tert-OH is 1. The zero-order valence-electron chi connectivity index (χ0n) is 12.1. The van der Waals surface area contributed by atoms with Crippen LogP contribution in [0.4, 0.5) is 0 Å². The average Bonchev–Trinajstić information content (AvgIpc) is 2.44. The lowest BCUT2D eigenvalue weighted by Crippen LogP contribution is -2.47. The smallest absolute Gasteiger partial charge is 0.227 e. The van der Waals surface area contributed by atoms with Gasteiger partial charge in [-0.15, -0.1) is 0 Å². The van der Waals surface area contributed by atoms with Crippen molar-refractivity contribution in [3.63, 3.8) is 0 Å². The molecule has 0 saturated carbocycles. The van der Waals surface area contributed by atoms with Crippen LogP contribution in [0.1, 0.15) is 39.5 Å². The van der Waals surface area contributed by atoms with Gasteiger partial charge in [-0.1, -0.05) is 6.92 Å². The van der Waals surface area contributed by atoms with Gasteiger partial charge in [-0.3, -0.25) is 9.59 Å². The first kappa shape index (κ1) is 16.0. The Labute approximate surface area is 115 Å². The van der Waals surface area contributed by atoms with Crippen molar-refractivity contribution in [1.29, 1.82) is 0 Å². The third-order valence-corrected chi connectivity index (χ3v) is 3.65. The normalized spacial score (nSPS) is 19.3. The lowest BCUT2D eigenvalue weighted by Gasteiger charge is -2.34. The fourth-order valence-corrected chi connectivity index (χ4v) is 2.58. The number of piperidine rings is 1. The van der Waals surface area contributed by atoms with Gasteiger partial charge in [-0.2, -0.15) is 0 Å². The Morgan fingerprint density at radius 3 is 2.68 bits per heavy atom. The van der Waals surface area contributed by atoms with Gasteiger partial charge in [0.05, 0.1) is 12.5 Å². The van der Waals surface area contributed by atoms with Crippen LogP contribution < -0.4 is 0 Å². The van der Waals surface area contributed by atoms with Crippen molar-refractivity contribution in [2.24, 2.45) is 5.92 Å². The number of hydrogen-bond acceptors (Lipinski definition) is 3. The van der Waals surface area contributed by atoms with E-state index in [1.807, 2.05) is 18.7 Å². The van der Waals surface area contributed by atoms with Gasteiger partial charge < -0.3 is 14.9 Å². The number of likely N-dealkylation sites (N-methyl/N-ethyl adjacent to an activating group) is 1. The number of amides is 2. The van der Waals surface area contributed by atoms with Crippen molar-refractivity contribution in [3.8, 4) is 0 Å². The summed E-state index contributed by atoms with van der Waals surface area (Å²) < 4.78 is 0. The molecule has 1 unspecified atom stereocenters. The molecule has 19 heavy (non-hydrogen) atoms. The first-order valence-electron chi connectivity index (χ1n) is 7.31. The summed E-state index contributed by atoms with van der Waals surface area (Å²) in [7, 11) is 0. The molecule has 1 atom stereocenters. The van der Waals surface area contributed by atoms with Crippen molar-refractivity contribution in [2.45, 2.75) is 39.5 Å². The Kier molecular flexibility index (Phi) is 6.84. The molecule has 110 valence electrons. The van der Waals surface area contributed by atoms with Crippen LogP contribution in [0.25, 0.3) is 0 Å². The molecular formula is C14H26N2O3. The van der Waals surface area contributed by atoms with Crippen molar-refractivity contribution < 1.29 is 14.7 Å². The molecule has 0 bridgehead atoms. The number of carbonyl (C=O) groups excluding carboxylic acids is 2. The molecule has 0 radical (unpaired) electrons. The minimum Gasteiger partial charge on any atom is -0.395 e. The van der Waals surface area contributed by atoms with Crippen LogP contribution in [0.15, 0.2) is 0 Å². The highest BCUT2D eigenvalue weighted by molar-refractivity contribution is 5.81. The van der Waals surface area contributed by atoms with Crippen molar-refractivity contribution in [2.75, 3.05) is 32.8 Å². The average molecular weight is 270 g/mol. The fraction of sp³-hybridized carbons (Fsp3) is 0.857. The molecule has 1 rings (SSSR count). The molecule has 5 heteroatoms. The molecule has 1 aliphatic rings. The highest BCUT2D eigenvalue weighted by Gasteiger charge is 2.30. The number of nitrogens with zero attached hydrogens (tertiary/aromatic N) is 2. The van der Waals surface area contributed by atoms with E-state index in [1.54, 1.807) is 4.90 Å². The summed E-state index contributed by atoms with van der Waals surface area (Å²) in [5, 5.41) is 8.97. The fourth-order valence-electron chi connectivity index (χ4n) is 2.58. The second kappa shape index (κ2) is 8.15. The molecule has 0 aromatic carbocycles. The molecule has 0 spiro atoms. The van der Waals surface area contributed by atoms with E-state index in [1.165, 1.54) is 0 Å². The molecule has 0 aromatic heterocycles. The minimum absolute atomic E-state index is 0.00915. The van der Waals surface area contributed by atoms with Crippen LogP contribution in [0.2, 0.25) is 0 Å². The lowest BCUT2D eigenvalue weighted by molar-refractivity contribution is -0.141. The lowest BCUT2D eigenvalue weighted by atomic mass is 9.96. The Morgan fingerprint density at radius 2 is 2.11 bits per heavy atom. The molecular weight excluding hydrogens is 244 g/mol. The summed E-state index contributed by atoms with van der Waals surface area (Å²) in [6, 6.07) is 0. The summed E-state index contributed by atoms with van der Waals surface area (Å²) in [4.78, 5) is 27.7. The maximum Gasteiger partial charge on any atom is 0.227 e. The maximum absolute atomic E-state index is 12.3. The molecule has 1 fully saturated rings. The van der Waals surface area contributed by atoms with Crippen LogP contribution in [-0.2, 0) is 9.59 Å². The summed E-state index contributed by atoms with van der Waals surface area (Å²) in [6.07, 6.45) is 3.15. The van der Waals surface area contributed by atoms with Crippen molar-refractivity contribution in [1.82, 2.24) is 9.80 Å². The van der Waals surface area contributed by atoms with Gasteiger partial charge in [0.1, 0.15) is 0 Å². The van der Waals surface area contributed by atoms with Crippen LogP contribution in [-0.4, -0.2) is 59.5 Å².